The summed E-state index contributed by atoms with van der Waals surface area (Å²) in [5, 5.41) is 6.97. The third kappa shape index (κ3) is 4.39. The van der Waals surface area contributed by atoms with E-state index in [0.29, 0.717) is 41.6 Å². The first kappa shape index (κ1) is 21.2. The summed E-state index contributed by atoms with van der Waals surface area (Å²) in [7, 11) is 0. The summed E-state index contributed by atoms with van der Waals surface area (Å²) in [6.45, 7) is 2.30. The zero-order valence-electron chi connectivity index (χ0n) is 15.7. The summed E-state index contributed by atoms with van der Waals surface area (Å²) in [6, 6.07) is 7.48. The number of para-hydroxylation sites is 1. The second kappa shape index (κ2) is 9.33. The molecule has 1 aromatic carbocycles. The van der Waals surface area contributed by atoms with Crippen LogP contribution in [0.3, 0.4) is 0 Å². The minimum atomic E-state index is -0.193. The van der Waals surface area contributed by atoms with Crippen molar-refractivity contribution in [1.29, 1.82) is 0 Å². The molecule has 3 aliphatic heterocycles. The van der Waals surface area contributed by atoms with Crippen molar-refractivity contribution in [3.8, 4) is 5.75 Å². The van der Waals surface area contributed by atoms with Gasteiger partial charge in [-0.3, -0.25) is 9.59 Å². The van der Waals surface area contributed by atoms with E-state index < -0.39 is 0 Å². The van der Waals surface area contributed by atoms with Gasteiger partial charge in [0.15, 0.2) is 6.61 Å². The van der Waals surface area contributed by atoms with E-state index in [2.05, 4.69) is 15.5 Å². The van der Waals surface area contributed by atoms with E-state index in [1.165, 1.54) is 0 Å². The van der Waals surface area contributed by atoms with Crippen molar-refractivity contribution < 1.29 is 14.3 Å². The first-order valence-corrected chi connectivity index (χ1v) is 10.2. The normalized spacial score (nSPS) is 28.8. The number of fused-ring (bicyclic) bond motifs is 4. The molecule has 4 rings (SSSR count). The molecule has 3 aliphatic rings. The zero-order chi connectivity index (χ0) is 18.8. The molecule has 0 radical (unpaired) electrons. The number of hydrogen-bond acceptors (Lipinski definition) is 4. The van der Waals surface area contributed by atoms with Gasteiger partial charge in [0.2, 0.25) is 5.91 Å². The average Bonchev–Trinajstić information content (AvgIpc) is 2.68. The zero-order valence-corrected chi connectivity index (χ0v) is 17.3. The average molecular weight is 428 g/mol. The van der Waals surface area contributed by atoms with Gasteiger partial charge in [-0.25, -0.2) is 0 Å². The number of halogens is 2. The molecule has 0 spiro atoms. The van der Waals surface area contributed by atoms with Crippen LogP contribution >= 0.6 is 24.0 Å². The number of benzene rings is 1. The number of rotatable bonds is 5. The Hall–Kier alpha value is -1.50. The molecule has 0 saturated carbocycles. The highest BCUT2D eigenvalue weighted by atomic mass is 35.5. The summed E-state index contributed by atoms with van der Waals surface area (Å²) >= 11 is 6.05. The molecule has 0 aliphatic carbocycles. The maximum Gasteiger partial charge on any atom is 0.258 e. The molecule has 2 N–H and O–H groups in total. The lowest BCUT2D eigenvalue weighted by atomic mass is 9.72. The van der Waals surface area contributed by atoms with Crippen LogP contribution in [0.4, 0.5) is 0 Å². The minimum Gasteiger partial charge on any atom is -0.482 e. The highest BCUT2D eigenvalue weighted by Gasteiger charge is 2.47. The largest absolute Gasteiger partial charge is 0.482 e. The molecule has 3 heterocycles. The summed E-state index contributed by atoms with van der Waals surface area (Å²) in [5.74, 6) is 1.49. The molecule has 6 nitrogen and oxygen atoms in total. The maximum atomic E-state index is 12.6. The number of nitrogens with zero attached hydrogens (tertiary/aromatic N) is 1. The Morgan fingerprint density at radius 1 is 1.29 bits per heavy atom. The molecule has 3 saturated heterocycles. The topological polar surface area (TPSA) is 70.7 Å². The van der Waals surface area contributed by atoms with Crippen molar-refractivity contribution in [2.75, 3.05) is 26.2 Å². The van der Waals surface area contributed by atoms with Crippen LogP contribution in [0, 0.1) is 11.8 Å². The summed E-state index contributed by atoms with van der Waals surface area (Å²) in [5.41, 5.74) is 0. The first-order chi connectivity index (χ1) is 13.1. The van der Waals surface area contributed by atoms with Gasteiger partial charge in [0.25, 0.3) is 5.91 Å². The Morgan fingerprint density at radius 2 is 2.07 bits per heavy atom. The van der Waals surface area contributed by atoms with Crippen molar-refractivity contribution >= 4 is 35.8 Å². The predicted octanol–water partition coefficient (Wildman–Crippen LogP) is 2.25. The lowest BCUT2D eigenvalue weighted by Gasteiger charge is -2.54. The van der Waals surface area contributed by atoms with Crippen LogP contribution in [-0.4, -0.2) is 55.0 Å². The van der Waals surface area contributed by atoms with Crippen LogP contribution in [0.1, 0.15) is 25.7 Å². The van der Waals surface area contributed by atoms with E-state index in [4.69, 9.17) is 16.3 Å². The molecule has 2 amide bonds. The molecule has 8 heteroatoms. The van der Waals surface area contributed by atoms with Gasteiger partial charge in [-0.2, -0.15) is 0 Å². The van der Waals surface area contributed by atoms with Crippen LogP contribution in [0.15, 0.2) is 24.3 Å². The second-order valence-corrected chi connectivity index (χ2v) is 8.17. The van der Waals surface area contributed by atoms with Crippen LogP contribution in [0.5, 0.6) is 5.75 Å². The molecule has 4 atom stereocenters. The summed E-state index contributed by atoms with van der Waals surface area (Å²) < 4.78 is 5.51. The van der Waals surface area contributed by atoms with Gasteiger partial charge in [0, 0.05) is 25.6 Å². The Balaban J connectivity index is 0.00000225. The number of piperidine rings is 3. The molecule has 2 bridgehead atoms. The summed E-state index contributed by atoms with van der Waals surface area (Å²) in [6.07, 6.45) is 3.82. The fraction of sp³-hybridized carbons (Fsp3) is 0.600. The van der Waals surface area contributed by atoms with E-state index in [9.17, 15) is 9.59 Å². The summed E-state index contributed by atoms with van der Waals surface area (Å²) in [4.78, 5) is 27.0. The van der Waals surface area contributed by atoms with Crippen LogP contribution in [0.2, 0.25) is 5.02 Å². The molecular weight excluding hydrogens is 401 g/mol. The lowest BCUT2D eigenvalue weighted by molar-refractivity contribution is -0.149. The minimum absolute atomic E-state index is 0. The van der Waals surface area contributed by atoms with E-state index in [0.717, 1.165) is 32.4 Å². The van der Waals surface area contributed by atoms with Gasteiger partial charge >= 0.3 is 0 Å². The fourth-order valence-electron chi connectivity index (χ4n) is 4.87. The molecular formula is C20H27Cl2N3O3. The van der Waals surface area contributed by atoms with Gasteiger partial charge in [0.1, 0.15) is 5.75 Å². The number of amides is 2. The molecule has 1 aromatic rings. The highest BCUT2D eigenvalue weighted by Crippen LogP contribution is 2.39. The lowest BCUT2D eigenvalue weighted by Crippen LogP contribution is -2.66. The van der Waals surface area contributed by atoms with Gasteiger partial charge in [-0.1, -0.05) is 23.7 Å². The van der Waals surface area contributed by atoms with E-state index in [-0.39, 0.29) is 36.9 Å². The maximum absolute atomic E-state index is 12.6. The number of carbonyl (C=O) groups is 2. The van der Waals surface area contributed by atoms with Crippen molar-refractivity contribution in [3.05, 3.63) is 29.3 Å². The van der Waals surface area contributed by atoms with Gasteiger partial charge in [-0.05, 0) is 49.8 Å². The Bertz CT molecular complexity index is 718. The van der Waals surface area contributed by atoms with Crippen LogP contribution < -0.4 is 15.4 Å². The second-order valence-electron chi connectivity index (χ2n) is 7.77. The van der Waals surface area contributed by atoms with Crippen molar-refractivity contribution in [1.82, 2.24) is 15.5 Å². The molecule has 28 heavy (non-hydrogen) atoms. The van der Waals surface area contributed by atoms with Crippen LogP contribution in [0.25, 0.3) is 0 Å². The van der Waals surface area contributed by atoms with Crippen LogP contribution in [-0.2, 0) is 9.59 Å². The van der Waals surface area contributed by atoms with E-state index in [1.807, 2.05) is 12.1 Å². The standard InChI is InChI=1S/C20H26ClN3O3.ClH/c21-15-4-1-2-6-18(15)27-12-19(25)23-11-17-14-8-13(9-22-10-14)16-5-3-7-20(26)24(16)17;/h1-2,4,6,13-14,16-17,22H,3,5,7-12H2,(H,23,25);1H/t13-,14+,16+,17+;/m1./s1. The number of ether oxygens (including phenoxy) is 1. The van der Waals surface area contributed by atoms with Crippen molar-refractivity contribution in [2.24, 2.45) is 11.8 Å². The Kier molecular flexibility index (Phi) is 7.07. The predicted molar refractivity (Wildman–Crippen MR) is 110 cm³/mol. The highest BCUT2D eigenvalue weighted by molar-refractivity contribution is 6.32. The third-order valence-electron chi connectivity index (χ3n) is 6.10. The Morgan fingerprint density at radius 3 is 2.89 bits per heavy atom. The van der Waals surface area contributed by atoms with Crippen molar-refractivity contribution in [2.45, 2.75) is 37.8 Å². The SMILES string of the molecule is Cl.O=C(COc1ccccc1Cl)NC[C@H]1[C@@H]2CNC[C@@H](C2)[C@@H]2CCCC(=O)N21. The Labute approximate surface area is 176 Å². The van der Waals surface area contributed by atoms with E-state index >= 15 is 0 Å². The number of hydrogen-bond donors (Lipinski definition) is 2. The van der Waals surface area contributed by atoms with E-state index in [1.54, 1.807) is 12.1 Å². The van der Waals surface area contributed by atoms with Gasteiger partial charge in [-0.15, -0.1) is 12.4 Å². The monoisotopic (exact) mass is 427 g/mol. The molecule has 154 valence electrons. The molecule has 0 aromatic heterocycles. The smallest absolute Gasteiger partial charge is 0.258 e. The molecule has 0 unspecified atom stereocenters. The van der Waals surface area contributed by atoms with Gasteiger partial charge < -0.3 is 20.3 Å². The molecule has 3 fully saturated rings. The quantitative estimate of drug-likeness (QED) is 0.755. The first-order valence-electron chi connectivity index (χ1n) is 9.79. The number of nitrogens with one attached hydrogen (secondary N) is 2. The fourth-order valence-corrected chi connectivity index (χ4v) is 5.06. The van der Waals surface area contributed by atoms with Crippen molar-refractivity contribution in [3.63, 3.8) is 0 Å². The third-order valence-corrected chi connectivity index (χ3v) is 6.42. The number of carbonyl (C=O) groups excluding carboxylic acids is 2. The van der Waals surface area contributed by atoms with Gasteiger partial charge in [0.05, 0.1) is 11.1 Å².